The summed E-state index contributed by atoms with van der Waals surface area (Å²) >= 11 is 3.47. The van der Waals surface area contributed by atoms with Crippen LogP contribution in [-0.4, -0.2) is 4.98 Å². The summed E-state index contributed by atoms with van der Waals surface area (Å²) in [5.74, 6) is 0. The Morgan fingerprint density at radius 1 is 1.60 bits per heavy atom. The van der Waals surface area contributed by atoms with E-state index in [9.17, 15) is 0 Å². The fourth-order valence-corrected chi connectivity index (χ4v) is 1.39. The Hall–Kier alpha value is -0.370. The second-order valence-corrected chi connectivity index (χ2v) is 3.70. The number of nitrogens with zero attached hydrogens (tertiary/aromatic N) is 1. The first-order valence-corrected chi connectivity index (χ1v) is 4.19. The van der Waals surface area contributed by atoms with Gasteiger partial charge in [0.2, 0.25) is 0 Å². The van der Waals surface area contributed by atoms with Crippen molar-refractivity contribution in [3.8, 4) is 0 Å². The lowest BCUT2D eigenvalue weighted by atomic mass is 10.2. The lowest BCUT2D eigenvalue weighted by molar-refractivity contribution is 0.998. The smallest absolute Gasteiger partial charge is 0.0566 e. The Kier molecular flexibility index (Phi) is 2.44. The number of pyridine rings is 1. The van der Waals surface area contributed by atoms with Gasteiger partial charge in [0.1, 0.15) is 0 Å². The third-order valence-corrected chi connectivity index (χ3v) is 1.86. The minimum absolute atomic E-state index is 0.355. The van der Waals surface area contributed by atoms with Crippen LogP contribution in [0.5, 0.6) is 0 Å². The standard InChI is InChI=1S/C8H10BrN/c1-6-4-3-5-10-8(6)7(2)9/h3-5,7H,1-2H3. The maximum absolute atomic E-state index is 4.23. The molecule has 1 aromatic rings. The van der Waals surface area contributed by atoms with E-state index >= 15 is 0 Å². The average Bonchev–Trinajstić information content (AvgIpc) is 1.88. The topological polar surface area (TPSA) is 12.9 Å². The monoisotopic (exact) mass is 199 g/mol. The van der Waals surface area contributed by atoms with Crippen LogP contribution in [0.1, 0.15) is 23.0 Å². The molecule has 0 aliphatic carbocycles. The zero-order chi connectivity index (χ0) is 7.56. The van der Waals surface area contributed by atoms with Gasteiger partial charge in [-0.3, -0.25) is 4.98 Å². The van der Waals surface area contributed by atoms with Crippen molar-refractivity contribution < 1.29 is 0 Å². The molecule has 0 fully saturated rings. The predicted octanol–water partition coefficient (Wildman–Crippen LogP) is 2.85. The summed E-state index contributed by atoms with van der Waals surface area (Å²) in [5.41, 5.74) is 2.37. The van der Waals surface area contributed by atoms with E-state index in [0.29, 0.717) is 4.83 Å². The van der Waals surface area contributed by atoms with Crippen LogP contribution < -0.4 is 0 Å². The number of hydrogen-bond acceptors (Lipinski definition) is 1. The molecule has 0 aliphatic heterocycles. The zero-order valence-electron chi connectivity index (χ0n) is 6.13. The number of aromatic nitrogens is 1. The molecule has 54 valence electrons. The summed E-state index contributed by atoms with van der Waals surface area (Å²) in [6.07, 6.45) is 1.82. The van der Waals surface area contributed by atoms with Crippen molar-refractivity contribution in [3.05, 3.63) is 29.6 Å². The molecule has 2 heteroatoms. The number of aryl methyl sites for hydroxylation is 1. The molecule has 1 rings (SSSR count). The summed E-state index contributed by atoms with van der Waals surface area (Å²) in [6, 6.07) is 4.02. The molecule has 0 bridgehead atoms. The molecule has 0 saturated carbocycles. The van der Waals surface area contributed by atoms with Crippen molar-refractivity contribution in [1.82, 2.24) is 4.98 Å². The van der Waals surface area contributed by atoms with Crippen molar-refractivity contribution in [2.45, 2.75) is 18.7 Å². The molecule has 10 heavy (non-hydrogen) atoms. The highest BCUT2D eigenvalue weighted by molar-refractivity contribution is 9.09. The zero-order valence-corrected chi connectivity index (χ0v) is 7.72. The first kappa shape index (κ1) is 7.73. The van der Waals surface area contributed by atoms with Gasteiger partial charge in [-0.1, -0.05) is 22.0 Å². The molecule has 1 heterocycles. The molecule has 1 unspecified atom stereocenters. The molecule has 0 spiro atoms. The normalized spacial score (nSPS) is 13.1. The SMILES string of the molecule is Cc1cccnc1C(C)Br. The summed E-state index contributed by atoms with van der Waals surface area (Å²) in [7, 11) is 0. The number of alkyl halides is 1. The average molecular weight is 200 g/mol. The Labute approximate surface area is 69.6 Å². The predicted molar refractivity (Wildman–Crippen MR) is 46.3 cm³/mol. The summed E-state index contributed by atoms with van der Waals surface area (Å²) in [4.78, 5) is 4.59. The highest BCUT2D eigenvalue weighted by Gasteiger charge is 2.03. The van der Waals surface area contributed by atoms with Crippen LogP contribution in [0.15, 0.2) is 18.3 Å². The van der Waals surface area contributed by atoms with Crippen molar-refractivity contribution in [1.29, 1.82) is 0 Å². The van der Waals surface area contributed by atoms with E-state index in [1.807, 2.05) is 12.3 Å². The first-order valence-electron chi connectivity index (χ1n) is 3.27. The van der Waals surface area contributed by atoms with Gasteiger partial charge in [0.25, 0.3) is 0 Å². The van der Waals surface area contributed by atoms with Crippen LogP contribution in [0.3, 0.4) is 0 Å². The fraction of sp³-hybridized carbons (Fsp3) is 0.375. The third-order valence-electron chi connectivity index (χ3n) is 1.43. The van der Waals surface area contributed by atoms with Crippen LogP contribution in [0, 0.1) is 6.92 Å². The second kappa shape index (κ2) is 3.15. The van der Waals surface area contributed by atoms with Crippen molar-refractivity contribution in [3.63, 3.8) is 0 Å². The maximum Gasteiger partial charge on any atom is 0.0566 e. The van der Waals surface area contributed by atoms with Crippen molar-refractivity contribution in [2.75, 3.05) is 0 Å². The molecular weight excluding hydrogens is 190 g/mol. The maximum atomic E-state index is 4.23. The van der Waals surface area contributed by atoms with Gasteiger partial charge in [0.05, 0.1) is 10.5 Å². The molecule has 0 N–H and O–H groups in total. The number of rotatable bonds is 1. The van der Waals surface area contributed by atoms with E-state index in [4.69, 9.17) is 0 Å². The minimum atomic E-state index is 0.355. The molecule has 1 aromatic heterocycles. The van der Waals surface area contributed by atoms with Crippen molar-refractivity contribution >= 4 is 15.9 Å². The Balaban J connectivity index is 3.03. The molecule has 1 atom stereocenters. The van der Waals surface area contributed by atoms with E-state index in [2.05, 4.69) is 40.8 Å². The molecular formula is C8H10BrN. The fourth-order valence-electron chi connectivity index (χ4n) is 0.914. The minimum Gasteiger partial charge on any atom is -0.260 e. The van der Waals surface area contributed by atoms with Crippen LogP contribution in [0.4, 0.5) is 0 Å². The van der Waals surface area contributed by atoms with Gasteiger partial charge in [0.15, 0.2) is 0 Å². The lowest BCUT2D eigenvalue weighted by Crippen LogP contribution is -1.91. The van der Waals surface area contributed by atoms with Crippen LogP contribution in [0.25, 0.3) is 0 Å². The van der Waals surface area contributed by atoms with E-state index in [1.54, 1.807) is 0 Å². The molecule has 0 radical (unpaired) electrons. The number of halogens is 1. The second-order valence-electron chi connectivity index (χ2n) is 2.32. The van der Waals surface area contributed by atoms with Crippen LogP contribution in [0.2, 0.25) is 0 Å². The van der Waals surface area contributed by atoms with Crippen LogP contribution in [-0.2, 0) is 0 Å². The van der Waals surface area contributed by atoms with Gasteiger partial charge in [-0.05, 0) is 25.5 Å². The molecule has 0 amide bonds. The highest BCUT2D eigenvalue weighted by Crippen LogP contribution is 2.21. The quantitative estimate of drug-likeness (QED) is 0.635. The lowest BCUT2D eigenvalue weighted by Gasteiger charge is -2.04. The summed E-state index contributed by atoms with van der Waals surface area (Å²) in [5, 5.41) is 0. The molecule has 1 nitrogen and oxygen atoms in total. The Morgan fingerprint density at radius 2 is 2.30 bits per heavy atom. The Morgan fingerprint density at radius 3 is 2.70 bits per heavy atom. The van der Waals surface area contributed by atoms with E-state index in [0.717, 1.165) is 5.69 Å². The molecule has 0 aromatic carbocycles. The van der Waals surface area contributed by atoms with Gasteiger partial charge in [0, 0.05) is 6.20 Å². The first-order chi connectivity index (χ1) is 4.72. The summed E-state index contributed by atoms with van der Waals surface area (Å²) < 4.78 is 0. The van der Waals surface area contributed by atoms with Gasteiger partial charge >= 0.3 is 0 Å². The van der Waals surface area contributed by atoms with Crippen LogP contribution >= 0.6 is 15.9 Å². The van der Waals surface area contributed by atoms with Gasteiger partial charge in [-0.15, -0.1) is 0 Å². The molecule has 0 aliphatic rings. The summed E-state index contributed by atoms with van der Waals surface area (Å²) in [6.45, 7) is 4.15. The highest BCUT2D eigenvalue weighted by atomic mass is 79.9. The number of hydrogen-bond donors (Lipinski definition) is 0. The Bertz CT molecular complexity index is 220. The van der Waals surface area contributed by atoms with Gasteiger partial charge in [-0.2, -0.15) is 0 Å². The van der Waals surface area contributed by atoms with E-state index in [-0.39, 0.29) is 0 Å². The molecule has 0 saturated heterocycles. The van der Waals surface area contributed by atoms with Gasteiger partial charge in [-0.25, -0.2) is 0 Å². The van der Waals surface area contributed by atoms with Crippen molar-refractivity contribution in [2.24, 2.45) is 0 Å². The third kappa shape index (κ3) is 1.57. The largest absolute Gasteiger partial charge is 0.260 e. The van der Waals surface area contributed by atoms with Gasteiger partial charge < -0.3 is 0 Å². The van der Waals surface area contributed by atoms with E-state index < -0.39 is 0 Å². The van der Waals surface area contributed by atoms with E-state index in [1.165, 1.54) is 5.56 Å².